The quantitative estimate of drug-likeness (QED) is 0.214. The van der Waals surface area contributed by atoms with Crippen LogP contribution in [0.2, 0.25) is 0 Å². The number of nitrogens with zero attached hydrogens (tertiary/aromatic N) is 1. The van der Waals surface area contributed by atoms with Crippen molar-refractivity contribution in [3.05, 3.63) is 75.9 Å². The second-order valence-electron chi connectivity index (χ2n) is 11.1. The van der Waals surface area contributed by atoms with Crippen molar-refractivity contribution in [2.45, 2.75) is 58.0 Å². The van der Waals surface area contributed by atoms with Gasteiger partial charge in [0.15, 0.2) is 0 Å². The largest absolute Gasteiger partial charge is 0.508 e. The van der Waals surface area contributed by atoms with Gasteiger partial charge in [0, 0.05) is 5.92 Å². The molecule has 2 amide bonds. The molecule has 2 aliphatic heterocycles. The van der Waals surface area contributed by atoms with Crippen LogP contribution in [0.4, 0.5) is 32.0 Å². The monoisotopic (exact) mass is 593 g/mol. The molecular weight excluding hydrogens is 564 g/mol. The minimum atomic E-state index is -5.11. The van der Waals surface area contributed by atoms with Crippen molar-refractivity contribution < 1.29 is 45.8 Å². The van der Waals surface area contributed by atoms with Crippen LogP contribution in [-0.4, -0.2) is 29.6 Å². The maximum atomic E-state index is 13.6. The molecule has 4 atom stereocenters. The number of hydrogen-bond donors (Lipinski definition) is 1. The molecule has 42 heavy (non-hydrogen) atoms. The normalized spacial score (nSPS) is 24.9. The Kier molecular flexibility index (Phi) is 7.76. The first-order valence-electron chi connectivity index (χ1n) is 13.7. The SMILES string of the molecule is CC/C(=C\c1ccc(O)cc1)CC[C@H]1OC[C@H]2C1=C(C)C[C@H]1C(=O)N(c3cc(C(F)(F)F)cc(C(F)(F)F)c3)C(=O)[C@H]12. The van der Waals surface area contributed by atoms with Crippen molar-refractivity contribution in [3.63, 3.8) is 0 Å². The summed E-state index contributed by atoms with van der Waals surface area (Å²) in [4.78, 5) is 27.5. The van der Waals surface area contributed by atoms with Gasteiger partial charge < -0.3 is 9.84 Å². The number of phenols is 1. The predicted octanol–water partition coefficient (Wildman–Crippen LogP) is 7.54. The highest BCUT2D eigenvalue weighted by Crippen LogP contribution is 2.51. The van der Waals surface area contributed by atoms with Gasteiger partial charge in [-0.25, -0.2) is 4.90 Å². The zero-order valence-corrected chi connectivity index (χ0v) is 22.9. The smallest absolute Gasteiger partial charge is 0.416 e. The van der Waals surface area contributed by atoms with Gasteiger partial charge >= 0.3 is 12.4 Å². The molecule has 11 heteroatoms. The number of anilines is 1. The molecule has 0 radical (unpaired) electrons. The number of phenolic OH excluding ortho intramolecular Hbond substituents is 1. The summed E-state index contributed by atoms with van der Waals surface area (Å²) in [6.07, 6.45) is -6.28. The topological polar surface area (TPSA) is 66.8 Å². The number of allylic oxidation sites excluding steroid dienone is 2. The Morgan fingerprint density at radius 3 is 2.17 bits per heavy atom. The number of rotatable bonds is 6. The zero-order chi connectivity index (χ0) is 30.6. The van der Waals surface area contributed by atoms with Crippen LogP contribution in [0.3, 0.4) is 0 Å². The van der Waals surface area contributed by atoms with Crippen LogP contribution in [0.25, 0.3) is 6.08 Å². The van der Waals surface area contributed by atoms with Crippen LogP contribution in [0.5, 0.6) is 5.75 Å². The summed E-state index contributed by atoms with van der Waals surface area (Å²) in [7, 11) is 0. The number of hydrogen-bond acceptors (Lipinski definition) is 4. The minimum absolute atomic E-state index is 0.0263. The molecule has 0 unspecified atom stereocenters. The molecule has 5 nitrogen and oxygen atoms in total. The molecule has 0 aromatic heterocycles. The van der Waals surface area contributed by atoms with E-state index < -0.39 is 58.7 Å². The minimum Gasteiger partial charge on any atom is -0.508 e. The number of imide groups is 1. The number of carbonyl (C=O) groups excluding carboxylic acids is 2. The fraction of sp³-hybridized carbons (Fsp3) is 0.419. The van der Waals surface area contributed by atoms with Gasteiger partial charge in [-0.2, -0.15) is 26.3 Å². The van der Waals surface area contributed by atoms with Crippen molar-refractivity contribution >= 4 is 23.6 Å². The highest BCUT2D eigenvalue weighted by Gasteiger charge is 2.57. The highest BCUT2D eigenvalue weighted by molar-refractivity contribution is 6.22. The fourth-order valence-electron chi connectivity index (χ4n) is 6.42. The number of alkyl halides is 6. The molecule has 0 saturated carbocycles. The average Bonchev–Trinajstić information content (AvgIpc) is 3.45. The van der Waals surface area contributed by atoms with Crippen LogP contribution >= 0.6 is 0 Å². The Balaban J connectivity index is 1.39. The van der Waals surface area contributed by atoms with Gasteiger partial charge in [0.25, 0.3) is 0 Å². The second kappa shape index (κ2) is 10.9. The summed E-state index contributed by atoms with van der Waals surface area (Å²) in [5, 5.41) is 9.52. The molecule has 1 N–H and O–H groups in total. The number of ether oxygens (including phenoxy) is 1. The van der Waals surface area contributed by atoms with E-state index in [0.717, 1.165) is 28.7 Å². The number of halogens is 6. The van der Waals surface area contributed by atoms with Crippen molar-refractivity contribution in [2.75, 3.05) is 11.5 Å². The van der Waals surface area contributed by atoms with E-state index in [1.54, 1.807) is 24.3 Å². The highest BCUT2D eigenvalue weighted by atomic mass is 19.4. The van der Waals surface area contributed by atoms with Gasteiger partial charge in [-0.1, -0.05) is 36.3 Å². The van der Waals surface area contributed by atoms with Crippen LogP contribution in [0, 0.1) is 17.8 Å². The maximum absolute atomic E-state index is 13.6. The molecule has 3 aliphatic rings. The molecular formula is C31H29F6NO4. The van der Waals surface area contributed by atoms with Gasteiger partial charge in [0.1, 0.15) is 5.75 Å². The first-order valence-corrected chi connectivity index (χ1v) is 13.7. The number of benzene rings is 2. The average molecular weight is 594 g/mol. The summed E-state index contributed by atoms with van der Waals surface area (Å²) in [6.45, 7) is 3.99. The molecule has 2 fully saturated rings. The van der Waals surface area contributed by atoms with Crippen molar-refractivity contribution in [3.8, 4) is 5.75 Å². The molecule has 2 saturated heterocycles. The van der Waals surface area contributed by atoms with Gasteiger partial charge in [-0.15, -0.1) is 0 Å². The Hall–Kier alpha value is -3.60. The van der Waals surface area contributed by atoms with E-state index in [0.29, 0.717) is 29.9 Å². The Morgan fingerprint density at radius 1 is 0.976 bits per heavy atom. The van der Waals surface area contributed by atoms with E-state index in [9.17, 15) is 41.0 Å². The predicted molar refractivity (Wildman–Crippen MR) is 142 cm³/mol. The van der Waals surface area contributed by atoms with E-state index in [1.807, 2.05) is 19.9 Å². The van der Waals surface area contributed by atoms with E-state index in [4.69, 9.17) is 4.74 Å². The van der Waals surface area contributed by atoms with Crippen molar-refractivity contribution in [1.82, 2.24) is 0 Å². The molecule has 2 aromatic carbocycles. The van der Waals surface area contributed by atoms with E-state index in [-0.39, 0.29) is 30.9 Å². The van der Waals surface area contributed by atoms with Crippen LogP contribution < -0.4 is 4.90 Å². The lowest BCUT2D eigenvalue weighted by Crippen LogP contribution is -2.34. The molecule has 2 aromatic rings. The number of aromatic hydroxyl groups is 1. The van der Waals surface area contributed by atoms with Gasteiger partial charge in [0.05, 0.1) is 41.4 Å². The lowest BCUT2D eigenvalue weighted by molar-refractivity contribution is -0.143. The number of carbonyl (C=O) groups is 2. The van der Waals surface area contributed by atoms with Crippen molar-refractivity contribution in [2.24, 2.45) is 17.8 Å². The standard InChI is InChI=1S/C31H29F6NO4/c1-3-17(11-18-4-7-22(39)8-5-18)6-9-25-26-16(2)10-23-27(24(26)15-42-25)29(41)38(28(23)40)21-13-19(30(32,33)34)12-20(14-21)31(35,36)37/h4-5,7-8,11-14,23-25,27,39H,3,6,9-10,15H2,1-2H3/b17-11+/t23-,24+,25-,27-/m1/s1. The maximum Gasteiger partial charge on any atom is 0.416 e. The molecule has 0 spiro atoms. The second-order valence-corrected chi connectivity index (χ2v) is 11.1. The molecule has 1 aliphatic carbocycles. The van der Waals surface area contributed by atoms with Gasteiger partial charge in [-0.05, 0) is 74.1 Å². The summed E-state index contributed by atoms with van der Waals surface area (Å²) in [5.74, 6) is -3.75. The van der Waals surface area contributed by atoms with E-state index in [1.165, 1.54) is 0 Å². The lowest BCUT2D eigenvalue weighted by atomic mass is 9.70. The number of fused-ring (bicyclic) bond motifs is 3. The van der Waals surface area contributed by atoms with Gasteiger partial charge in [-0.3, -0.25) is 9.59 Å². The van der Waals surface area contributed by atoms with Crippen LogP contribution in [-0.2, 0) is 26.7 Å². The van der Waals surface area contributed by atoms with Crippen LogP contribution in [0.15, 0.2) is 59.2 Å². The van der Waals surface area contributed by atoms with E-state index >= 15 is 0 Å². The molecule has 5 rings (SSSR count). The summed E-state index contributed by atoms with van der Waals surface area (Å²) in [5.41, 5.74) is -0.0923. The zero-order valence-electron chi connectivity index (χ0n) is 22.9. The third kappa shape index (κ3) is 5.58. The summed E-state index contributed by atoms with van der Waals surface area (Å²) < 4.78 is 87.0. The Labute approximate surface area is 238 Å². The van der Waals surface area contributed by atoms with Crippen molar-refractivity contribution in [1.29, 1.82) is 0 Å². The Bertz CT molecular complexity index is 1420. The third-order valence-electron chi connectivity index (χ3n) is 8.43. The lowest BCUT2D eigenvalue weighted by Gasteiger charge is -2.30. The van der Waals surface area contributed by atoms with E-state index in [2.05, 4.69) is 0 Å². The third-order valence-corrected chi connectivity index (χ3v) is 8.43. The summed E-state index contributed by atoms with van der Waals surface area (Å²) in [6, 6.07) is 7.62. The summed E-state index contributed by atoms with van der Waals surface area (Å²) >= 11 is 0. The fourth-order valence-corrected chi connectivity index (χ4v) is 6.42. The first-order chi connectivity index (χ1) is 19.7. The first kappa shape index (κ1) is 29.9. The van der Waals surface area contributed by atoms with Crippen LogP contribution in [0.1, 0.15) is 56.2 Å². The molecule has 0 bridgehead atoms. The van der Waals surface area contributed by atoms with Gasteiger partial charge in [0.2, 0.25) is 11.8 Å². The molecule has 2 heterocycles. The number of amides is 2. The Morgan fingerprint density at radius 2 is 1.60 bits per heavy atom. The molecule has 224 valence electrons.